The summed E-state index contributed by atoms with van der Waals surface area (Å²) in [6.45, 7) is -1.48. The van der Waals surface area contributed by atoms with Crippen LogP contribution in [0.25, 0.3) is 0 Å². The van der Waals surface area contributed by atoms with Gasteiger partial charge in [-0.25, -0.2) is 0 Å². The van der Waals surface area contributed by atoms with E-state index in [0.717, 1.165) is 30.5 Å². The molecule has 1 N–H and O–H groups in total. The van der Waals surface area contributed by atoms with Crippen molar-refractivity contribution in [1.29, 1.82) is 0 Å². The molecule has 2 aliphatic rings. The van der Waals surface area contributed by atoms with Crippen LogP contribution in [0.3, 0.4) is 0 Å². The number of rotatable bonds is 3. The number of nitrogens with one attached hydrogen (secondary N) is 1. The molecule has 2 amide bonds. The lowest BCUT2D eigenvalue weighted by Gasteiger charge is -2.25. The molecule has 1 aliphatic carbocycles. The number of hydrogen-bond acceptors (Lipinski definition) is 3. The first-order chi connectivity index (χ1) is 11.2. The number of likely N-dealkylation sites (tertiary alicyclic amines) is 1. The van der Waals surface area contributed by atoms with E-state index in [1.165, 1.54) is 0 Å². The molecule has 1 saturated heterocycles. The highest BCUT2D eigenvalue weighted by Crippen LogP contribution is 2.30. The van der Waals surface area contributed by atoms with Crippen LogP contribution < -0.4 is 5.32 Å². The maximum absolute atomic E-state index is 12.4. The van der Waals surface area contributed by atoms with Crippen molar-refractivity contribution in [3.8, 4) is 0 Å². The standard InChI is InChI=1S/C15H19F3N4O2/c1-21-12-4-2-3-11(10(12)6-19-21)20-14(24)9-5-13(23)22(7-9)8-15(16,17)18/h6,9,11H,2-5,7-8H2,1H3,(H,20,24)/t9-,11+/m1/s1. The van der Waals surface area contributed by atoms with Gasteiger partial charge in [-0.1, -0.05) is 0 Å². The predicted octanol–water partition coefficient (Wildman–Crippen LogP) is 1.32. The highest BCUT2D eigenvalue weighted by molar-refractivity contribution is 5.89. The van der Waals surface area contributed by atoms with Gasteiger partial charge in [0.1, 0.15) is 6.54 Å². The zero-order chi connectivity index (χ0) is 17.5. The van der Waals surface area contributed by atoms with E-state index in [0.29, 0.717) is 4.90 Å². The smallest absolute Gasteiger partial charge is 0.349 e. The summed E-state index contributed by atoms with van der Waals surface area (Å²) in [5.41, 5.74) is 2.02. The summed E-state index contributed by atoms with van der Waals surface area (Å²) < 4.78 is 39.1. The van der Waals surface area contributed by atoms with Crippen LogP contribution in [0.4, 0.5) is 13.2 Å². The third-order valence-electron chi connectivity index (χ3n) is 4.65. The Kier molecular flexibility index (Phi) is 4.27. The molecule has 0 bridgehead atoms. The lowest BCUT2D eigenvalue weighted by molar-refractivity contribution is -0.157. The van der Waals surface area contributed by atoms with E-state index in [2.05, 4.69) is 10.4 Å². The molecule has 0 spiro atoms. The second-order valence-corrected chi connectivity index (χ2v) is 6.41. The van der Waals surface area contributed by atoms with Crippen LogP contribution in [0.2, 0.25) is 0 Å². The number of fused-ring (bicyclic) bond motifs is 1. The van der Waals surface area contributed by atoms with Crippen LogP contribution in [0.5, 0.6) is 0 Å². The molecular weight excluding hydrogens is 325 g/mol. The summed E-state index contributed by atoms with van der Waals surface area (Å²) in [7, 11) is 1.84. The SMILES string of the molecule is Cn1ncc2c1CCC[C@@H]2NC(=O)[C@@H]1CC(=O)N(CC(F)(F)F)C1. The fourth-order valence-corrected chi connectivity index (χ4v) is 3.46. The second-order valence-electron chi connectivity index (χ2n) is 6.41. The van der Waals surface area contributed by atoms with Gasteiger partial charge in [0.15, 0.2) is 0 Å². The zero-order valence-corrected chi connectivity index (χ0v) is 13.3. The van der Waals surface area contributed by atoms with Crippen molar-refractivity contribution >= 4 is 11.8 Å². The molecule has 0 radical (unpaired) electrons. The molecule has 1 aliphatic heterocycles. The number of aryl methyl sites for hydroxylation is 1. The summed E-state index contributed by atoms with van der Waals surface area (Å²) in [5.74, 6) is -1.73. The molecule has 2 heterocycles. The minimum absolute atomic E-state index is 0.172. The molecule has 0 aromatic carbocycles. The first-order valence-electron chi connectivity index (χ1n) is 7.90. The van der Waals surface area contributed by atoms with Crippen molar-refractivity contribution in [2.75, 3.05) is 13.1 Å². The van der Waals surface area contributed by atoms with Crippen LogP contribution in [0, 0.1) is 5.92 Å². The van der Waals surface area contributed by atoms with Gasteiger partial charge in [0.25, 0.3) is 0 Å². The number of carbonyl (C=O) groups is 2. The molecule has 1 aromatic rings. The maximum Gasteiger partial charge on any atom is 0.406 e. The zero-order valence-electron chi connectivity index (χ0n) is 13.3. The molecule has 0 unspecified atom stereocenters. The minimum atomic E-state index is -4.45. The highest BCUT2D eigenvalue weighted by atomic mass is 19.4. The summed E-state index contributed by atoms with van der Waals surface area (Å²) >= 11 is 0. The van der Waals surface area contributed by atoms with Gasteiger partial charge in [-0.15, -0.1) is 0 Å². The van der Waals surface area contributed by atoms with E-state index < -0.39 is 24.5 Å². The number of aromatic nitrogens is 2. The Morgan fingerprint density at radius 2 is 2.21 bits per heavy atom. The fourth-order valence-electron chi connectivity index (χ4n) is 3.46. The number of carbonyl (C=O) groups excluding carboxylic acids is 2. The highest BCUT2D eigenvalue weighted by Gasteiger charge is 2.41. The summed E-state index contributed by atoms with van der Waals surface area (Å²) in [6, 6.07) is -0.193. The van der Waals surface area contributed by atoms with Gasteiger partial charge >= 0.3 is 6.18 Å². The van der Waals surface area contributed by atoms with Crippen molar-refractivity contribution in [3.05, 3.63) is 17.5 Å². The average molecular weight is 344 g/mol. The molecule has 0 saturated carbocycles. The van der Waals surface area contributed by atoms with Gasteiger partial charge in [-0.3, -0.25) is 14.3 Å². The Bertz CT molecular complexity index is 656. The van der Waals surface area contributed by atoms with Gasteiger partial charge in [0.05, 0.1) is 18.2 Å². The number of hydrogen-bond donors (Lipinski definition) is 1. The number of nitrogens with zero attached hydrogens (tertiary/aromatic N) is 3. The Morgan fingerprint density at radius 1 is 1.46 bits per heavy atom. The molecule has 3 rings (SSSR count). The van der Waals surface area contributed by atoms with E-state index in [1.807, 2.05) is 7.05 Å². The van der Waals surface area contributed by atoms with Crippen molar-refractivity contribution in [2.24, 2.45) is 13.0 Å². The molecule has 6 nitrogen and oxygen atoms in total. The monoisotopic (exact) mass is 344 g/mol. The van der Waals surface area contributed by atoms with Gasteiger partial charge in [-0.05, 0) is 19.3 Å². The Morgan fingerprint density at radius 3 is 2.92 bits per heavy atom. The van der Waals surface area contributed by atoms with E-state index >= 15 is 0 Å². The minimum Gasteiger partial charge on any atom is -0.349 e. The van der Waals surface area contributed by atoms with Crippen LogP contribution in [0.1, 0.15) is 36.6 Å². The van der Waals surface area contributed by atoms with Crippen molar-refractivity contribution < 1.29 is 22.8 Å². The molecular formula is C15H19F3N4O2. The van der Waals surface area contributed by atoms with E-state index in [9.17, 15) is 22.8 Å². The second kappa shape index (κ2) is 6.10. The van der Waals surface area contributed by atoms with Crippen LogP contribution >= 0.6 is 0 Å². The van der Waals surface area contributed by atoms with Crippen molar-refractivity contribution in [2.45, 2.75) is 37.9 Å². The summed E-state index contributed by atoms with van der Waals surface area (Å²) in [4.78, 5) is 24.8. The van der Waals surface area contributed by atoms with E-state index in [4.69, 9.17) is 0 Å². The third kappa shape index (κ3) is 3.39. The average Bonchev–Trinajstić information content (AvgIpc) is 3.03. The fraction of sp³-hybridized carbons (Fsp3) is 0.667. The van der Waals surface area contributed by atoms with Crippen molar-refractivity contribution in [3.63, 3.8) is 0 Å². The Hall–Kier alpha value is -2.06. The molecule has 132 valence electrons. The van der Waals surface area contributed by atoms with Crippen LogP contribution in [0.15, 0.2) is 6.20 Å². The summed E-state index contributed by atoms with van der Waals surface area (Å²) in [5, 5.41) is 7.08. The Labute approximate surface area is 137 Å². The predicted molar refractivity (Wildman–Crippen MR) is 77.8 cm³/mol. The molecule has 2 atom stereocenters. The normalized spacial score (nSPS) is 24.2. The van der Waals surface area contributed by atoms with Gasteiger partial charge in [0, 0.05) is 31.3 Å². The Balaban J connectivity index is 1.63. The quantitative estimate of drug-likeness (QED) is 0.899. The van der Waals surface area contributed by atoms with Crippen LogP contribution in [-0.4, -0.2) is 45.8 Å². The first kappa shape index (κ1) is 16.8. The van der Waals surface area contributed by atoms with E-state index in [-0.39, 0.29) is 24.9 Å². The summed E-state index contributed by atoms with van der Waals surface area (Å²) in [6.07, 6.45) is -0.350. The topological polar surface area (TPSA) is 67.2 Å². The molecule has 9 heteroatoms. The van der Waals surface area contributed by atoms with Gasteiger partial charge in [0.2, 0.25) is 11.8 Å². The van der Waals surface area contributed by atoms with Gasteiger partial charge < -0.3 is 10.2 Å². The number of alkyl halides is 3. The lowest BCUT2D eigenvalue weighted by Crippen LogP contribution is -2.38. The molecule has 24 heavy (non-hydrogen) atoms. The lowest BCUT2D eigenvalue weighted by atomic mass is 9.92. The number of amides is 2. The molecule has 1 aromatic heterocycles. The van der Waals surface area contributed by atoms with Gasteiger partial charge in [-0.2, -0.15) is 18.3 Å². The largest absolute Gasteiger partial charge is 0.406 e. The van der Waals surface area contributed by atoms with E-state index in [1.54, 1.807) is 10.9 Å². The molecule has 1 fully saturated rings. The first-order valence-corrected chi connectivity index (χ1v) is 7.90. The van der Waals surface area contributed by atoms with Crippen LogP contribution in [-0.2, 0) is 23.1 Å². The van der Waals surface area contributed by atoms with Crippen molar-refractivity contribution in [1.82, 2.24) is 20.0 Å². The number of halogens is 3. The third-order valence-corrected chi connectivity index (χ3v) is 4.65. The maximum atomic E-state index is 12.4.